The first-order valence-corrected chi connectivity index (χ1v) is 11.2. The van der Waals surface area contributed by atoms with Crippen molar-refractivity contribution in [1.29, 1.82) is 0 Å². The van der Waals surface area contributed by atoms with Gasteiger partial charge in [0.15, 0.2) is 5.96 Å². The highest BCUT2D eigenvalue weighted by Crippen LogP contribution is 2.30. The molecule has 7 heteroatoms. The molecule has 4 rings (SSSR count). The number of para-hydroxylation sites is 2. The molecule has 2 aromatic rings. The van der Waals surface area contributed by atoms with Crippen LogP contribution in [0.15, 0.2) is 65.7 Å². The van der Waals surface area contributed by atoms with E-state index in [0.29, 0.717) is 12.6 Å². The van der Waals surface area contributed by atoms with E-state index in [-0.39, 0.29) is 24.0 Å². The van der Waals surface area contributed by atoms with Gasteiger partial charge in [-0.3, -0.25) is 0 Å². The molecule has 0 spiro atoms. The van der Waals surface area contributed by atoms with Gasteiger partial charge in [-0.1, -0.05) is 36.4 Å². The van der Waals surface area contributed by atoms with E-state index in [1.54, 1.807) is 7.11 Å². The van der Waals surface area contributed by atoms with Gasteiger partial charge in [0, 0.05) is 44.5 Å². The quantitative estimate of drug-likeness (QED) is 0.238. The Kier molecular flexibility index (Phi) is 9.08. The average Bonchev–Trinajstić information content (AvgIpc) is 3.50. The molecule has 1 atom stereocenters. The fourth-order valence-corrected chi connectivity index (χ4v) is 4.21. The number of rotatable bonds is 7. The number of hydrogen-bond donors (Lipinski definition) is 2. The average molecular weight is 547 g/mol. The van der Waals surface area contributed by atoms with Crippen molar-refractivity contribution in [3.8, 4) is 5.75 Å². The minimum atomic E-state index is 0. The number of methoxy groups -OCH3 is 1. The molecule has 0 bridgehead atoms. The number of aliphatic imine (C=N–C) groups is 1. The van der Waals surface area contributed by atoms with Crippen molar-refractivity contribution in [2.75, 3.05) is 49.6 Å². The summed E-state index contributed by atoms with van der Waals surface area (Å²) in [5, 5.41) is 7.03. The Labute approximate surface area is 208 Å². The van der Waals surface area contributed by atoms with Crippen LogP contribution in [0.5, 0.6) is 5.75 Å². The van der Waals surface area contributed by atoms with Gasteiger partial charge < -0.3 is 25.2 Å². The lowest BCUT2D eigenvalue weighted by atomic mass is 10.2. The SMILES string of the molecule is CCNC(=NCc1cccc(N2CC=CC2)c1)NC1CCN(c2ccccc2OC)C1.I. The van der Waals surface area contributed by atoms with E-state index in [1.807, 2.05) is 12.1 Å². The summed E-state index contributed by atoms with van der Waals surface area (Å²) in [6.07, 6.45) is 5.50. The largest absolute Gasteiger partial charge is 0.495 e. The molecule has 2 aliphatic heterocycles. The maximum Gasteiger partial charge on any atom is 0.191 e. The number of halogens is 1. The Morgan fingerprint density at radius 2 is 1.91 bits per heavy atom. The normalized spacial score (nSPS) is 17.9. The van der Waals surface area contributed by atoms with Crippen LogP contribution in [0.3, 0.4) is 0 Å². The molecule has 1 fully saturated rings. The maximum atomic E-state index is 5.54. The first-order valence-electron chi connectivity index (χ1n) is 11.2. The molecule has 0 aliphatic carbocycles. The Balaban J connectivity index is 0.00000289. The predicted molar refractivity (Wildman–Crippen MR) is 145 cm³/mol. The van der Waals surface area contributed by atoms with E-state index in [2.05, 4.69) is 75.9 Å². The van der Waals surface area contributed by atoms with Gasteiger partial charge in [0.2, 0.25) is 0 Å². The van der Waals surface area contributed by atoms with Crippen molar-refractivity contribution < 1.29 is 4.74 Å². The van der Waals surface area contributed by atoms with Crippen LogP contribution in [0.25, 0.3) is 0 Å². The van der Waals surface area contributed by atoms with Crippen molar-refractivity contribution in [2.45, 2.75) is 25.9 Å². The number of ether oxygens (including phenoxy) is 1. The molecule has 1 unspecified atom stereocenters. The molecule has 32 heavy (non-hydrogen) atoms. The number of nitrogens with zero attached hydrogens (tertiary/aromatic N) is 3. The smallest absolute Gasteiger partial charge is 0.191 e. The summed E-state index contributed by atoms with van der Waals surface area (Å²) in [5.74, 6) is 1.81. The molecule has 6 nitrogen and oxygen atoms in total. The first kappa shape index (κ1) is 24.2. The number of nitrogens with one attached hydrogen (secondary N) is 2. The summed E-state index contributed by atoms with van der Waals surface area (Å²) in [6, 6.07) is 17.3. The summed E-state index contributed by atoms with van der Waals surface area (Å²) >= 11 is 0. The lowest BCUT2D eigenvalue weighted by Crippen LogP contribution is -2.44. The second kappa shape index (κ2) is 12.0. The fourth-order valence-electron chi connectivity index (χ4n) is 4.21. The Morgan fingerprint density at radius 3 is 2.69 bits per heavy atom. The third kappa shape index (κ3) is 6.09. The van der Waals surface area contributed by atoms with Gasteiger partial charge in [-0.05, 0) is 43.2 Å². The van der Waals surface area contributed by atoms with Crippen molar-refractivity contribution in [2.24, 2.45) is 4.99 Å². The fraction of sp³-hybridized carbons (Fsp3) is 0.400. The van der Waals surface area contributed by atoms with Gasteiger partial charge >= 0.3 is 0 Å². The summed E-state index contributed by atoms with van der Waals surface area (Å²) in [5.41, 5.74) is 3.65. The number of hydrogen-bond acceptors (Lipinski definition) is 4. The second-order valence-corrected chi connectivity index (χ2v) is 7.99. The van der Waals surface area contributed by atoms with Crippen LogP contribution in [0.2, 0.25) is 0 Å². The van der Waals surface area contributed by atoms with Gasteiger partial charge in [0.05, 0.1) is 19.3 Å². The number of guanidine groups is 1. The van der Waals surface area contributed by atoms with Crippen molar-refractivity contribution >= 4 is 41.3 Å². The molecule has 0 saturated carbocycles. The zero-order chi connectivity index (χ0) is 21.5. The molecule has 2 aromatic carbocycles. The summed E-state index contributed by atoms with van der Waals surface area (Å²) < 4.78 is 5.54. The van der Waals surface area contributed by atoms with Crippen LogP contribution >= 0.6 is 24.0 Å². The Morgan fingerprint density at radius 1 is 1.09 bits per heavy atom. The zero-order valence-electron chi connectivity index (χ0n) is 19.0. The molecular weight excluding hydrogens is 513 g/mol. The topological polar surface area (TPSA) is 52.1 Å². The van der Waals surface area contributed by atoms with E-state index in [9.17, 15) is 0 Å². The highest BCUT2D eigenvalue weighted by molar-refractivity contribution is 14.0. The van der Waals surface area contributed by atoms with E-state index in [4.69, 9.17) is 9.73 Å². The minimum absolute atomic E-state index is 0. The van der Waals surface area contributed by atoms with Gasteiger partial charge in [0.25, 0.3) is 0 Å². The lowest BCUT2D eigenvalue weighted by molar-refractivity contribution is 0.415. The first-order chi connectivity index (χ1) is 15.3. The van der Waals surface area contributed by atoms with Gasteiger partial charge in [-0.2, -0.15) is 0 Å². The van der Waals surface area contributed by atoms with Crippen LogP contribution < -0.4 is 25.2 Å². The molecule has 1 saturated heterocycles. The second-order valence-electron chi connectivity index (χ2n) is 7.99. The highest BCUT2D eigenvalue weighted by Gasteiger charge is 2.25. The molecule has 2 N–H and O–H groups in total. The van der Waals surface area contributed by atoms with Crippen LogP contribution in [-0.2, 0) is 6.54 Å². The molecule has 0 aromatic heterocycles. The Bertz CT molecular complexity index is 924. The highest BCUT2D eigenvalue weighted by atomic mass is 127. The standard InChI is InChI=1S/C25H33N5O.HI/c1-3-26-25(27-18-20-9-8-10-22(17-20)29-14-6-7-15-29)28-21-13-16-30(19-21)23-11-4-5-12-24(23)31-2;/h4-12,17,21H,3,13-16,18-19H2,1-2H3,(H2,26,27,28);1H. The van der Waals surface area contributed by atoms with Gasteiger partial charge in [-0.25, -0.2) is 4.99 Å². The van der Waals surface area contributed by atoms with Crippen molar-refractivity contribution in [1.82, 2.24) is 10.6 Å². The molecule has 2 heterocycles. The molecule has 0 amide bonds. The lowest BCUT2D eigenvalue weighted by Gasteiger charge is -2.22. The minimum Gasteiger partial charge on any atom is -0.495 e. The summed E-state index contributed by atoms with van der Waals surface area (Å²) in [6.45, 7) is 7.52. The Hall–Kier alpha value is -2.42. The summed E-state index contributed by atoms with van der Waals surface area (Å²) in [4.78, 5) is 9.61. The zero-order valence-corrected chi connectivity index (χ0v) is 21.3. The maximum absolute atomic E-state index is 5.54. The van der Waals surface area contributed by atoms with Gasteiger partial charge in [-0.15, -0.1) is 24.0 Å². The van der Waals surface area contributed by atoms with Crippen molar-refractivity contribution in [3.63, 3.8) is 0 Å². The number of benzene rings is 2. The van der Waals surface area contributed by atoms with E-state index >= 15 is 0 Å². The van der Waals surface area contributed by atoms with E-state index in [0.717, 1.165) is 56.5 Å². The number of anilines is 2. The monoisotopic (exact) mass is 547 g/mol. The molecule has 0 radical (unpaired) electrons. The molecule has 2 aliphatic rings. The summed E-state index contributed by atoms with van der Waals surface area (Å²) in [7, 11) is 1.73. The third-order valence-corrected chi connectivity index (χ3v) is 5.81. The van der Waals surface area contributed by atoms with Crippen LogP contribution in [0.4, 0.5) is 11.4 Å². The van der Waals surface area contributed by atoms with Crippen molar-refractivity contribution in [3.05, 3.63) is 66.2 Å². The molecule has 172 valence electrons. The molecular formula is C25H34IN5O. The predicted octanol–water partition coefficient (Wildman–Crippen LogP) is 4.02. The van der Waals surface area contributed by atoms with E-state index in [1.165, 1.54) is 11.3 Å². The van der Waals surface area contributed by atoms with Crippen LogP contribution in [0.1, 0.15) is 18.9 Å². The van der Waals surface area contributed by atoms with Crippen LogP contribution in [0, 0.1) is 0 Å². The third-order valence-electron chi connectivity index (χ3n) is 5.81. The van der Waals surface area contributed by atoms with Gasteiger partial charge in [0.1, 0.15) is 5.75 Å². The van der Waals surface area contributed by atoms with Crippen LogP contribution in [-0.4, -0.2) is 51.8 Å². The van der Waals surface area contributed by atoms with E-state index < -0.39 is 0 Å².